The van der Waals surface area contributed by atoms with Crippen molar-refractivity contribution in [2.75, 3.05) is 26.2 Å². The van der Waals surface area contributed by atoms with Crippen molar-refractivity contribution in [1.29, 1.82) is 0 Å². The monoisotopic (exact) mass is 295 g/mol. The molecule has 0 saturated carbocycles. The molecule has 2 atom stereocenters. The molecular formula is C14H21N3O4. The lowest BCUT2D eigenvalue weighted by molar-refractivity contribution is -0.151. The summed E-state index contributed by atoms with van der Waals surface area (Å²) in [6.07, 6.45) is 2.14. The first-order chi connectivity index (χ1) is 9.89. The number of hydrogen-bond acceptors (Lipinski definition) is 5. The standard InChI is InChI=1S/C14H21N3O4/c1-14(2)11(18)15-13(20)17(12(14)19)7-10-6-16-5-3-4-9(16)8-21-10/h9-10H,3-8H2,1-2H3,(H,15,18,20). The highest BCUT2D eigenvalue weighted by Crippen LogP contribution is 2.26. The summed E-state index contributed by atoms with van der Waals surface area (Å²) in [7, 11) is 0. The van der Waals surface area contributed by atoms with Crippen molar-refractivity contribution in [1.82, 2.24) is 15.1 Å². The predicted molar refractivity (Wildman–Crippen MR) is 73.4 cm³/mol. The molecule has 0 spiro atoms. The van der Waals surface area contributed by atoms with Crippen molar-refractivity contribution in [2.45, 2.75) is 38.8 Å². The summed E-state index contributed by atoms with van der Waals surface area (Å²) >= 11 is 0. The van der Waals surface area contributed by atoms with Crippen LogP contribution in [0.3, 0.4) is 0 Å². The first kappa shape index (κ1) is 14.5. The van der Waals surface area contributed by atoms with Gasteiger partial charge in [-0.25, -0.2) is 4.79 Å². The molecule has 3 heterocycles. The summed E-state index contributed by atoms with van der Waals surface area (Å²) in [6.45, 7) is 5.69. The SMILES string of the molecule is CC1(C)C(=O)NC(=O)N(CC2CN3CCCC3CO2)C1=O. The van der Waals surface area contributed by atoms with Crippen LogP contribution in [0.1, 0.15) is 26.7 Å². The Morgan fingerprint density at radius 2 is 2.10 bits per heavy atom. The largest absolute Gasteiger partial charge is 0.373 e. The Labute approximate surface area is 123 Å². The molecule has 0 aromatic rings. The van der Waals surface area contributed by atoms with Crippen molar-refractivity contribution in [2.24, 2.45) is 5.41 Å². The van der Waals surface area contributed by atoms with E-state index in [9.17, 15) is 14.4 Å². The number of carbonyl (C=O) groups is 3. The van der Waals surface area contributed by atoms with Gasteiger partial charge in [-0.15, -0.1) is 0 Å². The first-order valence-electron chi connectivity index (χ1n) is 7.42. The highest BCUT2D eigenvalue weighted by Gasteiger charge is 2.48. The number of nitrogens with one attached hydrogen (secondary N) is 1. The van der Waals surface area contributed by atoms with Crippen LogP contribution in [0.4, 0.5) is 4.79 Å². The summed E-state index contributed by atoms with van der Waals surface area (Å²) < 4.78 is 5.79. The van der Waals surface area contributed by atoms with Crippen molar-refractivity contribution in [3.8, 4) is 0 Å². The van der Waals surface area contributed by atoms with Gasteiger partial charge in [-0.05, 0) is 33.2 Å². The number of urea groups is 1. The number of barbiturate groups is 1. The Bertz CT molecular complexity index is 491. The second kappa shape index (κ2) is 5.06. The molecule has 1 N–H and O–H groups in total. The van der Waals surface area contributed by atoms with E-state index < -0.39 is 23.3 Å². The molecule has 0 radical (unpaired) electrons. The maximum absolute atomic E-state index is 12.3. The third-order valence-corrected chi connectivity index (χ3v) is 4.66. The Morgan fingerprint density at radius 1 is 1.33 bits per heavy atom. The van der Waals surface area contributed by atoms with Crippen molar-refractivity contribution in [3.63, 3.8) is 0 Å². The summed E-state index contributed by atoms with van der Waals surface area (Å²) in [4.78, 5) is 39.4. The zero-order chi connectivity index (χ0) is 15.2. The minimum absolute atomic E-state index is 0.182. The van der Waals surface area contributed by atoms with Gasteiger partial charge in [0.15, 0.2) is 0 Å². The number of imide groups is 2. The van der Waals surface area contributed by atoms with Gasteiger partial charge >= 0.3 is 6.03 Å². The molecular weight excluding hydrogens is 274 g/mol. The second-order valence-corrected chi connectivity index (χ2v) is 6.55. The van der Waals surface area contributed by atoms with Gasteiger partial charge < -0.3 is 4.74 Å². The fourth-order valence-corrected chi connectivity index (χ4v) is 3.21. The van der Waals surface area contributed by atoms with E-state index in [1.54, 1.807) is 0 Å². The van der Waals surface area contributed by atoms with E-state index in [2.05, 4.69) is 10.2 Å². The molecule has 3 rings (SSSR count). The number of carbonyl (C=O) groups excluding carboxylic acids is 3. The molecule has 21 heavy (non-hydrogen) atoms. The second-order valence-electron chi connectivity index (χ2n) is 6.55. The molecule has 3 fully saturated rings. The molecule has 7 nitrogen and oxygen atoms in total. The lowest BCUT2D eigenvalue weighted by Crippen LogP contribution is -2.64. The van der Waals surface area contributed by atoms with Gasteiger partial charge in [0.05, 0.1) is 19.3 Å². The van der Waals surface area contributed by atoms with Crippen molar-refractivity contribution >= 4 is 17.8 Å². The Balaban J connectivity index is 1.68. The van der Waals surface area contributed by atoms with Gasteiger partial charge in [0.1, 0.15) is 5.41 Å². The number of morpholine rings is 1. The topological polar surface area (TPSA) is 79.0 Å². The normalized spacial score (nSPS) is 33.0. The highest BCUT2D eigenvalue weighted by molar-refractivity contribution is 6.18. The molecule has 3 aliphatic rings. The fraction of sp³-hybridized carbons (Fsp3) is 0.786. The van der Waals surface area contributed by atoms with Crippen LogP contribution >= 0.6 is 0 Å². The first-order valence-corrected chi connectivity index (χ1v) is 7.42. The van der Waals surface area contributed by atoms with E-state index in [0.717, 1.165) is 24.4 Å². The van der Waals surface area contributed by atoms with Gasteiger partial charge in [-0.2, -0.15) is 0 Å². The number of hydrogen-bond donors (Lipinski definition) is 1. The molecule has 0 aliphatic carbocycles. The van der Waals surface area contributed by atoms with Gasteiger partial charge in [-0.1, -0.05) is 0 Å². The average molecular weight is 295 g/mol. The van der Waals surface area contributed by atoms with Gasteiger partial charge in [0.2, 0.25) is 11.8 Å². The summed E-state index contributed by atoms with van der Waals surface area (Å²) in [6, 6.07) is -0.165. The number of amides is 4. The molecule has 2 unspecified atom stereocenters. The summed E-state index contributed by atoms with van der Waals surface area (Å²) in [5, 5.41) is 2.24. The number of fused-ring (bicyclic) bond motifs is 1. The van der Waals surface area contributed by atoms with Gasteiger partial charge in [0, 0.05) is 12.6 Å². The van der Waals surface area contributed by atoms with Crippen LogP contribution in [0.15, 0.2) is 0 Å². The smallest absolute Gasteiger partial charge is 0.330 e. The Morgan fingerprint density at radius 3 is 2.86 bits per heavy atom. The van der Waals surface area contributed by atoms with Gasteiger partial charge in [0.25, 0.3) is 0 Å². The number of rotatable bonds is 2. The van der Waals surface area contributed by atoms with Gasteiger partial charge in [-0.3, -0.25) is 24.7 Å². The van der Waals surface area contributed by atoms with Crippen molar-refractivity contribution in [3.05, 3.63) is 0 Å². The van der Waals surface area contributed by atoms with Crippen LogP contribution < -0.4 is 5.32 Å². The van der Waals surface area contributed by atoms with E-state index in [-0.39, 0.29) is 12.6 Å². The van der Waals surface area contributed by atoms with E-state index in [1.807, 2.05) is 0 Å². The van der Waals surface area contributed by atoms with E-state index in [0.29, 0.717) is 12.6 Å². The minimum atomic E-state index is -1.21. The Hall–Kier alpha value is -1.47. The summed E-state index contributed by atoms with van der Waals surface area (Å²) in [5.41, 5.74) is -1.21. The molecule has 3 aliphatic heterocycles. The van der Waals surface area contributed by atoms with E-state index in [4.69, 9.17) is 4.74 Å². The predicted octanol–water partition coefficient (Wildman–Crippen LogP) is -0.0458. The lowest BCUT2D eigenvalue weighted by Gasteiger charge is -2.40. The van der Waals surface area contributed by atoms with Crippen LogP contribution in [-0.2, 0) is 14.3 Å². The maximum Gasteiger partial charge on any atom is 0.330 e. The highest BCUT2D eigenvalue weighted by atomic mass is 16.5. The maximum atomic E-state index is 12.3. The third-order valence-electron chi connectivity index (χ3n) is 4.66. The van der Waals surface area contributed by atoms with E-state index in [1.165, 1.54) is 20.3 Å². The quantitative estimate of drug-likeness (QED) is 0.723. The minimum Gasteiger partial charge on any atom is -0.373 e. The zero-order valence-corrected chi connectivity index (χ0v) is 12.4. The molecule has 3 saturated heterocycles. The van der Waals surface area contributed by atoms with Crippen LogP contribution in [-0.4, -0.2) is 66.0 Å². The summed E-state index contributed by atoms with van der Waals surface area (Å²) in [5.74, 6) is -0.999. The Kier molecular flexibility index (Phi) is 3.49. The third kappa shape index (κ3) is 2.44. The van der Waals surface area contributed by atoms with E-state index >= 15 is 0 Å². The zero-order valence-electron chi connectivity index (χ0n) is 12.4. The van der Waals surface area contributed by atoms with Crippen LogP contribution in [0.25, 0.3) is 0 Å². The number of ether oxygens (including phenoxy) is 1. The lowest BCUT2D eigenvalue weighted by atomic mass is 9.88. The van der Waals surface area contributed by atoms with Crippen LogP contribution in [0.5, 0.6) is 0 Å². The van der Waals surface area contributed by atoms with Crippen LogP contribution in [0, 0.1) is 5.41 Å². The van der Waals surface area contributed by atoms with Crippen molar-refractivity contribution < 1.29 is 19.1 Å². The number of nitrogens with zero attached hydrogens (tertiary/aromatic N) is 2. The average Bonchev–Trinajstić information content (AvgIpc) is 2.89. The molecule has 116 valence electrons. The molecule has 4 amide bonds. The molecule has 7 heteroatoms. The fourth-order valence-electron chi connectivity index (χ4n) is 3.21. The molecule has 0 bridgehead atoms. The molecule has 0 aromatic heterocycles. The van der Waals surface area contributed by atoms with Crippen LogP contribution in [0.2, 0.25) is 0 Å². The molecule has 0 aromatic carbocycles.